The van der Waals surface area contributed by atoms with Crippen molar-refractivity contribution in [3.63, 3.8) is 0 Å². The molecule has 5 nitrogen and oxygen atoms in total. The van der Waals surface area contributed by atoms with E-state index in [0.29, 0.717) is 12.6 Å². The molecule has 1 atom stereocenters. The Morgan fingerprint density at radius 1 is 1.35 bits per heavy atom. The van der Waals surface area contributed by atoms with Crippen LogP contribution in [0.1, 0.15) is 20.3 Å². The highest BCUT2D eigenvalue weighted by Crippen LogP contribution is 2.12. The molecule has 1 heterocycles. The molecular formula is C15H20N4O. The van der Waals surface area contributed by atoms with Gasteiger partial charge in [0.2, 0.25) is 5.91 Å². The minimum Gasteiger partial charge on any atom is -0.325 e. The number of hydrogen-bond donors (Lipinski definition) is 2. The zero-order valence-electron chi connectivity index (χ0n) is 11.8. The third-order valence-corrected chi connectivity index (χ3v) is 3.14. The van der Waals surface area contributed by atoms with E-state index in [-0.39, 0.29) is 5.91 Å². The summed E-state index contributed by atoms with van der Waals surface area (Å²) >= 11 is 0. The molecule has 1 aromatic carbocycles. The van der Waals surface area contributed by atoms with Crippen LogP contribution in [0.4, 0.5) is 5.69 Å². The van der Waals surface area contributed by atoms with Gasteiger partial charge in [-0.05, 0) is 43.7 Å². The Labute approximate surface area is 119 Å². The first-order valence-corrected chi connectivity index (χ1v) is 6.82. The first-order chi connectivity index (χ1) is 9.69. The lowest BCUT2D eigenvalue weighted by Crippen LogP contribution is -2.33. The Bertz CT molecular complexity index is 534. The number of rotatable bonds is 6. The number of carbonyl (C=O) groups excluding carboxylic acids is 1. The van der Waals surface area contributed by atoms with Crippen LogP contribution in [0.15, 0.2) is 42.7 Å². The monoisotopic (exact) mass is 272 g/mol. The first kappa shape index (κ1) is 14.3. The lowest BCUT2D eigenvalue weighted by molar-refractivity contribution is -0.115. The normalized spacial score (nSPS) is 12.1. The summed E-state index contributed by atoms with van der Waals surface area (Å²) in [4.78, 5) is 11.8. The Morgan fingerprint density at radius 2 is 2.10 bits per heavy atom. The van der Waals surface area contributed by atoms with Crippen LogP contribution in [0.5, 0.6) is 0 Å². The summed E-state index contributed by atoms with van der Waals surface area (Å²) in [6, 6.07) is 9.81. The molecule has 0 aliphatic carbocycles. The molecule has 0 saturated heterocycles. The summed E-state index contributed by atoms with van der Waals surface area (Å²) in [6.45, 7) is 4.48. The van der Waals surface area contributed by atoms with E-state index in [0.717, 1.165) is 17.8 Å². The zero-order chi connectivity index (χ0) is 14.4. The van der Waals surface area contributed by atoms with Crippen LogP contribution in [0.3, 0.4) is 0 Å². The number of nitrogens with one attached hydrogen (secondary N) is 2. The quantitative estimate of drug-likeness (QED) is 0.847. The molecule has 0 aliphatic heterocycles. The van der Waals surface area contributed by atoms with Crippen molar-refractivity contribution in [1.82, 2.24) is 15.1 Å². The maximum Gasteiger partial charge on any atom is 0.238 e. The number of hydrogen-bond acceptors (Lipinski definition) is 3. The number of anilines is 1. The topological polar surface area (TPSA) is 59.0 Å². The molecule has 0 fully saturated rings. The maximum atomic E-state index is 11.8. The van der Waals surface area contributed by atoms with Crippen molar-refractivity contribution in [3.8, 4) is 5.69 Å². The van der Waals surface area contributed by atoms with Gasteiger partial charge in [-0.3, -0.25) is 4.79 Å². The minimum absolute atomic E-state index is 0.0304. The van der Waals surface area contributed by atoms with Crippen LogP contribution in [-0.2, 0) is 4.79 Å². The Kier molecular flexibility index (Phi) is 4.90. The van der Waals surface area contributed by atoms with E-state index in [1.165, 1.54) is 0 Å². The van der Waals surface area contributed by atoms with Gasteiger partial charge in [-0.15, -0.1) is 0 Å². The van der Waals surface area contributed by atoms with Gasteiger partial charge in [-0.1, -0.05) is 6.92 Å². The smallest absolute Gasteiger partial charge is 0.238 e. The van der Waals surface area contributed by atoms with Crippen LogP contribution in [0, 0.1) is 0 Å². The van der Waals surface area contributed by atoms with E-state index in [9.17, 15) is 4.79 Å². The fourth-order valence-corrected chi connectivity index (χ4v) is 1.74. The standard InChI is InChI=1S/C15H20N4O/c1-3-12(2)16-11-15(20)18-13-5-7-14(8-6-13)19-10-4-9-17-19/h4-10,12,16H,3,11H2,1-2H3,(H,18,20). The highest BCUT2D eigenvalue weighted by Gasteiger charge is 2.04. The molecular weight excluding hydrogens is 252 g/mol. The van der Waals surface area contributed by atoms with Gasteiger partial charge in [0.25, 0.3) is 0 Å². The van der Waals surface area contributed by atoms with E-state index in [4.69, 9.17) is 0 Å². The molecule has 2 aromatic rings. The molecule has 1 aromatic heterocycles. The molecule has 2 rings (SSSR count). The lowest BCUT2D eigenvalue weighted by atomic mass is 10.2. The van der Waals surface area contributed by atoms with E-state index in [1.807, 2.05) is 36.5 Å². The third-order valence-electron chi connectivity index (χ3n) is 3.14. The minimum atomic E-state index is -0.0304. The van der Waals surface area contributed by atoms with Gasteiger partial charge >= 0.3 is 0 Å². The molecule has 5 heteroatoms. The summed E-state index contributed by atoms with van der Waals surface area (Å²) in [7, 11) is 0. The number of carbonyl (C=O) groups is 1. The van der Waals surface area contributed by atoms with Crippen molar-refractivity contribution in [3.05, 3.63) is 42.7 Å². The SMILES string of the molecule is CCC(C)NCC(=O)Nc1ccc(-n2cccn2)cc1. The van der Waals surface area contributed by atoms with Crippen LogP contribution in [0.2, 0.25) is 0 Å². The second kappa shape index (κ2) is 6.86. The predicted octanol–water partition coefficient (Wildman–Crippen LogP) is 2.20. The summed E-state index contributed by atoms with van der Waals surface area (Å²) < 4.78 is 1.77. The Hall–Kier alpha value is -2.14. The Morgan fingerprint density at radius 3 is 2.70 bits per heavy atom. The van der Waals surface area contributed by atoms with Gasteiger partial charge in [-0.25, -0.2) is 4.68 Å². The molecule has 0 aliphatic rings. The second-order valence-corrected chi connectivity index (χ2v) is 4.74. The molecule has 1 unspecified atom stereocenters. The molecule has 20 heavy (non-hydrogen) atoms. The number of nitrogens with zero attached hydrogens (tertiary/aromatic N) is 2. The fraction of sp³-hybridized carbons (Fsp3) is 0.333. The van der Waals surface area contributed by atoms with Crippen molar-refractivity contribution in [2.75, 3.05) is 11.9 Å². The molecule has 0 spiro atoms. The number of benzene rings is 1. The molecule has 0 saturated carbocycles. The third kappa shape index (κ3) is 3.93. The van der Waals surface area contributed by atoms with Crippen LogP contribution in [0.25, 0.3) is 5.69 Å². The lowest BCUT2D eigenvalue weighted by Gasteiger charge is -2.11. The highest BCUT2D eigenvalue weighted by atomic mass is 16.1. The maximum absolute atomic E-state index is 11.8. The number of amides is 1. The summed E-state index contributed by atoms with van der Waals surface area (Å²) in [5.74, 6) is -0.0304. The Balaban J connectivity index is 1.89. The van der Waals surface area contributed by atoms with E-state index >= 15 is 0 Å². The van der Waals surface area contributed by atoms with E-state index in [1.54, 1.807) is 10.9 Å². The zero-order valence-corrected chi connectivity index (χ0v) is 11.8. The highest BCUT2D eigenvalue weighted by molar-refractivity contribution is 5.92. The molecule has 1 amide bonds. The first-order valence-electron chi connectivity index (χ1n) is 6.82. The fourth-order valence-electron chi connectivity index (χ4n) is 1.74. The van der Waals surface area contributed by atoms with Gasteiger partial charge in [0.1, 0.15) is 0 Å². The average molecular weight is 272 g/mol. The number of aromatic nitrogens is 2. The molecule has 106 valence electrons. The average Bonchev–Trinajstić information content (AvgIpc) is 2.99. The van der Waals surface area contributed by atoms with Crippen LogP contribution >= 0.6 is 0 Å². The van der Waals surface area contributed by atoms with Crippen molar-refractivity contribution in [1.29, 1.82) is 0 Å². The second-order valence-electron chi connectivity index (χ2n) is 4.74. The molecule has 0 radical (unpaired) electrons. The van der Waals surface area contributed by atoms with Crippen molar-refractivity contribution in [2.45, 2.75) is 26.3 Å². The predicted molar refractivity (Wildman–Crippen MR) is 79.9 cm³/mol. The van der Waals surface area contributed by atoms with Crippen LogP contribution in [-0.4, -0.2) is 28.3 Å². The van der Waals surface area contributed by atoms with Crippen LogP contribution < -0.4 is 10.6 Å². The van der Waals surface area contributed by atoms with E-state index in [2.05, 4.69) is 29.6 Å². The van der Waals surface area contributed by atoms with Gasteiger partial charge in [0, 0.05) is 24.1 Å². The summed E-state index contributed by atoms with van der Waals surface area (Å²) in [5.41, 5.74) is 1.75. The van der Waals surface area contributed by atoms with Gasteiger partial charge in [-0.2, -0.15) is 5.10 Å². The molecule has 0 bridgehead atoms. The van der Waals surface area contributed by atoms with Crippen molar-refractivity contribution >= 4 is 11.6 Å². The van der Waals surface area contributed by atoms with Gasteiger partial charge in [0.05, 0.1) is 12.2 Å². The summed E-state index contributed by atoms with van der Waals surface area (Å²) in [5, 5.41) is 10.2. The summed E-state index contributed by atoms with van der Waals surface area (Å²) in [6.07, 6.45) is 4.62. The van der Waals surface area contributed by atoms with Crippen molar-refractivity contribution < 1.29 is 4.79 Å². The molecule has 2 N–H and O–H groups in total. The van der Waals surface area contributed by atoms with Crippen molar-refractivity contribution in [2.24, 2.45) is 0 Å². The van der Waals surface area contributed by atoms with E-state index < -0.39 is 0 Å². The van der Waals surface area contributed by atoms with Gasteiger partial charge < -0.3 is 10.6 Å². The van der Waals surface area contributed by atoms with Gasteiger partial charge in [0.15, 0.2) is 0 Å². The largest absolute Gasteiger partial charge is 0.325 e.